The van der Waals surface area contributed by atoms with Crippen LogP contribution >= 0.6 is 0 Å². The number of aryl methyl sites for hydroxylation is 1. The van der Waals surface area contributed by atoms with E-state index in [0.29, 0.717) is 12.4 Å². The Bertz CT molecular complexity index is 976. The summed E-state index contributed by atoms with van der Waals surface area (Å²) in [6.45, 7) is 8.29. The van der Waals surface area contributed by atoms with Gasteiger partial charge in [-0.3, -0.25) is 4.79 Å². The number of hydrogen-bond donors (Lipinski definition) is 0. The van der Waals surface area contributed by atoms with Gasteiger partial charge in [-0.25, -0.2) is 15.0 Å². The quantitative estimate of drug-likeness (QED) is 0.769. The number of amides is 1. The van der Waals surface area contributed by atoms with Gasteiger partial charge < -0.3 is 19.4 Å². The molecule has 0 saturated carbocycles. The lowest BCUT2D eigenvalue weighted by Gasteiger charge is -2.34. The molecule has 3 aliphatic rings. The predicted molar refractivity (Wildman–Crippen MR) is 114 cm³/mol. The van der Waals surface area contributed by atoms with Gasteiger partial charge in [0.05, 0.1) is 31.3 Å². The van der Waals surface area contributed by atoms with Crippen molar-refractivity contribution in [2.24, 2.45) is 5.92 Å². The summed E-state index contributed by atoms with van der Waals surface area (Å²) in [5.41, 5.74) is 3.21. The highest BCUT2D eigenvalue weighted by Gasteiger charge is 2.40. The van der Waals surface area contributed by atoms with Gasteiger partial charge in [-0.1, -0.05) is 0 Å². The summed E-state index contributed by atoms with van der Waals surface area (Å²) in [5.74, 6) is 2.62. The van der Waals surface area contributed by atoms with Crippen molar-refractivity contribution in [1.29, 1.82) is 0 Å². The molecule has 0 spiro atoms. The zero-order valence-corrected chi connectivity index (χ0v) is 17.8. The van der Waals surface area contributed by atoms with Crippen molar-refractivity contribution in [2.75, 3.05) is 43.1 Å². The topological polar surface area (TPSA) is 74.7 Å². The van der Waals surface area contributed by atoms with Crippen LogP contribution in [0.5, 0.6) is 5.88 Å². The van der Waals surface area contributed by atoms with Gasteiger partial charge in [-0.05, 0) is 32.8 Å². The second-order valence-corrected chi connectivity index (χ2v) is 8.43. The van der Waals surface area contributed by atoms with E-state index in [1.807, 2.05) is 24.0 Å². The van der Waals surface area contributed by atoms with E-state index in [1.54, 1.807) is 13.3 Å². The largest absolute Gasteiger partial charge is 0.481 e. The number of nitrogens with zero attached hydrogens (tertiary/aromatic N) is 6. The number of pyridine rings is 1. The summed E-state index contributed by atoms with van der Waals surface area (Å²) < 4.78 is 5.24. The van der Waals surface area contributed by atoms with Crippen molar-refractivity contribution in [3.63, 3.8) is 0 Å². The smallest absolute Gasteiger partial charge is 0.228 e. The highest BCUT2D eigenvalue weighted by Crippen LogP contribution is 2.40. The Morgan fingerprint density at radius 3 is 2.77 bits per heavy atom. The lowest BCUT2D eigenvalue weighted by molar-refractivity contribution is -0.137. The van der Waals surface area contributed by atoms with Crippen molar-refractivity contribution < 1.29 is 9.53 Å². The van der Waals surface area contributed by atoms with Gasteiger partial charge in [0.15, 0.2) is 0 Å². The van der Waals surface area contributed by atoms with Crippen LogP contribution in [0.25, 0.3) is 0 Å². The standard InChI is InChI=1S/C22H28N6O2/c1-14-20-18(24-15(2)25-21(20)26-8-4-9-26)13-28(14)22(29)16-6-10-27(12-16)17-5-7-23-19(11-17)30-3/h5,7,11,14,16H,4,6,8-10,12-13H2,1-3H3/t14-,16-/m1/s1. The van der Waals surface area contributed by atoms with Crippen LogP contribution in [0.15, 0.2) is 18.3 Å². The first kappa shape index (κ1) is 19.1. The zero-order chi connectivity index (χ0) is 20.8. The molecule has 0 bridgehead atoms. The molecule has 0 aliphatic carbocycles. The molecule has 8 heteroatoms. The Morgan fingerprint density at radius 2 is 2.03 bits per heavy atom. The average Bonchev–Trinajstić information content (AvgIpc) is 3.31. The number of carbonyl (C=O) groups excluding carboxylic acids is 1. The first-order chi connectivity index (χ1) is 14.5. The maximum absolute atomic E-state index is 13.5. The van der Waals surface area contributed by atoms with Crippen molar-refractivity contribution in [2.45, 2.75) is 39.3 Å². The number of ether oxygens (including phenoxy) is 1. The molecule has 5 rings (SSSR count). The average molecular weight is 409 g/mol. The SMILES string of the molecule is COc1cc(N2CC[C@@H](C(=O)N3Cc4nc(C)nc(N5CCC5)c4[C@H]3C)C2)ccn1. The van der Waals surface area contributed by atoms with Gasteiger partial charge in [-0.15, -0.1) is 0 Å². The lowest BCUT2D eigenvalue weighted by atomic mass is 10.1. The minimum atomic E-state index is -0.0116. The molecular formula is C22H28N6O2. The normalized spacial score (nSPS) is 22.8. The van der Waals surface area contributed by atoms with Crippen LogP contribution < -0.4 is 14.5 Å². The fraction of sp³-hybridized carbons (Fsp3) is 0.545. The van der Waals surface area contributed by atoms with Crippen LogP contribution in [0.1, 0.15) is 42.9 Å². The predicted octanol–water partition coefficient (Wildman–Crippen LogP) is 2.33. The molecule has 0 aromatic carbocycles. The Labute approximate surface area is 176 Å². The molecule has 2 aromatic rings. The van der Waals surface area contributed by atoms with Crippen molar-refractivity contribution in [3.8, 4) is 5.88 Å². The summed E-state index contributed by atoms with van der Waals surface area (Å²) in [6, 6.07) is 3.92. The molecule has 8 nitrogen and oxygen atoms in total. The molecule has 2 fully saturated rings. The minimum absolute atomic E-state index is 0.0116. The molecule has 5 heterocycles. The third kappa shape index (κ3) is 3.14. The molecule has 1 amide bonds. The van der Waals surface area contributed by atoms with Crippen LogP contribution in [0.2, 0.25) is 0 Å². The monoisotopic (exact) mass is 408 g/mol. The van der Waals surface area contributed by atoms with E-state index in [-0.39, 0.29) is 17.9 Å². The second kappa shape index (κ2) is 7.41. The van der Waals surface area contributed by atoms with Gasteiger partial charge in [0.1, 0.15) is 11.6 Å². The molecule has 0 unspecified atom stereocenters. The molecule has 30 heavy (non-hydrogen) atoms. The van der Waals surface area contributed by atoms with Crippen molar-refractivity contribution in [1.82, 2.24) is 19.9 Å². The third-order valence-electron chi connectivity index (χ3n) is 6.59. The number of hydrogen-bond acceptors (Lipinski definition) is 7. The maximum atomic E-state index is 13.5. The molecule has 3 aliphatic heterocycles. The van der Waals surface area contributed by atoms with Crippen LogP contribution in [0, 0.1) is 12.8 Å². The Balaban J connectivity index is 1.33. The van der Waals surface area contributed by atoms with E-state index in [1.165, 1.54) is 6.42 Å². The summed E-state index contributed by atoms with van der Waals surface area (Å²) in [5, 5.41) is 0. The lowest BCUT2D eigenvalue weighted by Crippen LogP contribution is -2.39. The van der Waals surface area contributed by atoms with Gasteiger partial charge in [0.25, 0.3) is 0 Å². The van der Waals surface area contributed by atoms with E-state index in [0.717, 1.165) is 61.2 Å². The Kier molecular flexibility index (Phi) is 4.72. The van der Waals surface area contributed by atoms with E-state index < -0.39 is 0 Å². The highest BCUT2D eigenvalue weighted by atomic mass is 16.5. The molecule has 158 valence electrons. The minimum Gasteiger partial charge on any atom is -0.481 e. The van der Waals surface area contributed by atoms with Crippen LogP contribution in [0.3, 0.4) is 0 Å². The molecule has 2 saturated heterocycles. The summed E-state index contributed by atoms with van der Waals surface area (Å²) in [6.07, 6.45) is 3.81. The molecule has 0 radical (unpaired) electrons. The first-order valence-corrected chi connectivity index (χ1v) is 10.7. The van der Waals surface area contributed by atoms with Crippen molar-refractivity contribution in [3.05, 3.63) is 35.4 Å². The van der Waals surface area contributed by atoms with Crippen LogP contribution in [0.4, 0.5) is 11.5 Å². The van der Waals surface area contributed by atoms with Gasteiger partial charge >= 0.3 is 0 Å². The fourth-order valence-corrected chi connectivity index (χ4v) is 4.80. The molecule has 2 aromatic heterocycles. The summed E-state index contributed by atoms with van der Waals surface area (Å²) >= 11 is 0. The number of carbonyl (C=O) groups is 1. The molecular weight excluding hydrogens is 380 g/mol. The van der Waals surface area contributed by atoms with E-state index in [4.69, 9.17) is 9.72 Å². The van der Waals surface area contributed by atoms with E-state index in [9.17, 15) is 4.79 Å². The maximum Gasteiger partial charge on any atom is 0.228 e. The third-order valence-corrected chi connectivity index (χ3v) is 6.59. The van der Waals surface area contributed by atoms with Gasteiger partial charge in [0.2, 0.25) is 11.8 Å². The van der Waals surface area contributed by atoms with Crippen LogP contribution in [-0.2, 0) is 11.3 Å². The number of anilines is 2. The Hall–Kier alpha value is -2.90. The van der Waals surface area contributed by atoms with Crippen molar-refractivity contribution >= 4 is 17.4 Å². The molecule has 0 N–H and O–H groups in total. The number of aromatic nitrogens is 3. The summed E-state index contributed by atoms with van der Waals surface area (Å²) in [4.78, 5) is 33.6. The first-order valence-electron chi connectivity index (χ1n) is 10.7. The highest BCUT2D eigenvalue weighted by molar-refractivity contribution is 5.82. The molecule has 2 atom stereocenters. The van der Waals surface area contributed by atoms with E-state index >= 15 is 0 Å². The number of methoxy groups -OCH3 is 1. The Morgan fingerprint density at radius 1 is 1.20 bits per heavy atom. The van der Waals surface area contributed by atoms with Gasteiger partial charge in [0, 0.05) is 49.7 Å². The fourth-order valence-electron chi connectivity index (χ4n) is 4.80. The van der Waals surface area contributed by atoms with E-state index in [2.05, 4.69) is 26.7 Å². The van der Waals surface area contributed by atoms with Gasteiger partial charge in [-0.2, -0.15) is 0 Å². The van der Waals surface area contributed by atoms with Crippen LogP contribution in [-0.4, -0.2) is 59.0 Å². The second-order valence-electron chi connectivity index (χ2n) is 8.43. The zero-order valence-electron chi connectivity index (χ0n) is 17.8. The summed E-state index contributed by atoms with van der Waals surface area (Å²) in [7, 11) is 1.62. The number of fused-ring (bicyclic) bond motifs is 1. The number of rotatable bonds is 4.